The van der Waals surface area contributed by atoms with Crippen molar-refractivity contribution < 1.29 is 14.3 Å². The Balaban J connectivity index is 1.76. The van der Waals surface area contributed by atoms with E-state index in [-0.39, 0.29) is 5.97 Å². The summed E-state index contributed by atoms with van der Waals surface area (Å²) in [4.78, 5) is 16.4. The van der Waals surface area contributed by atoms with Crippen LogP contribution in [0.1, 0.15) is 25.7 Å². The van der Waals surface area contributed by atoms with Crippen molar-refractivity contribution in [1.82, 2.24) is 9.80 Å². The summed E-state index contributed by atoms with van der Waals surface area (Å²) in [5, 5.41) is 0. The van der Waals surface area contributed by atoms with Gasteiger partial charge in [-0.1, -0.05) is 6.42 Å². The lowest BCUT2D eigenvalue weighted by Gasteiger charge is -2.37. The number of nitrogens with zero attached hydrogens (tertiary/aromatic N) is 2. The highest BCUT2D eigenvalue weighted by Crippen LogP contribution is 2.19. The molecule has 5 nitrogen and oxygen atoms in total. The van der Waals surface area contributed by atoms with Gasteiger partial charge < -0.3 is 9.47 Å². The predicted octanol–water partition coefficient (Wildman–Crippen LogP) is 0.736. The highest BCUT2D eigenvalue weighted by atomic mass is 16.5. The van der Waals surface area contributed by atoms with E-state index in [9.17, 15) is 4.79 Å². The second kappa shape index (κ2) is 7.82. The van der Waals surface area contributed by atoms with E-state index < -0.39 is 0 Å². The number of likely N-dealkylation sites (tertiary alicyclic amines) is 1. The van der Waals surface area contributed by atoms with Gasteiger partial charge in [0.05, 0.1) is 26.7 Å². The van der Waals surface area contributed by atoms with E-state index in [0.717, 1.165) is 52.4 Å². The number of methoxy groups -OCH3 is 1. The molecule has 0 aliphatic carbocycles. The molecule has 19 heavy (non-hydrogen) atoms. The van der Waals surface area contributed by atoms with Crippen LogP contribution in [-0.2, 0) is 14.3 Å². The Morgan fingerprint density at radius 3 is 2.74 bits per heavy atom. The summed E-state index contributed by atoms with van der Waals surface area (Å²) in [7, 11) is 1.48. The van der Waals surface area contributed by atoms with Crippen LogP contribution in [0.2, 0.25) is 0 Å². The quantitative estimate of drug-likeness (QED) is 0.689. The molecule has 2 aliphatic rings. The minimum Gasteiger partial charge on any atom is -0.469 e. The van der Waals surface area contributed by atoms with Crippen molar-refractivity contribution in [1.29, 1.82) is 0 Å². The molecule has 0 spiro atoms. The second-order valence-corrected chi connectivity index (χ2v) is 5.42. The molecule has 110 valence electrons. The number of rotatable bonds is 5. The first-order valence-corrected chi connectivity index (χ1v) is 7.40. The number of ether oxygens (including phenoxy) is 2. The highest BCUT2D eigenvalue weighted by molar-refractivity contribution is 5.69. The van der Waals surface area contributed by atoms with Crippen molar-refractivity contribution >= 4 is 5.97 Å². The lowest BCUT2D eigenvalue weighted by atomic mass is 9.99. The molecular formula is C14H26N2O3. The van der Waals surface area contributed by atoms with Gasteiger partial charge in [-0.2, -0.15) is 0 Å². The topological polar surface area (TPSA) is 42.0 Å². The molecule has 0 N–H and O–H groups in total. The van der Waals surface area contributed by atoms with E-state index in [1.165, 1.54) is 20.0 Å². The third-order valence-corrected chi connectivity index (χ3v) is 4.19. The zero-order valence-electron chi connectivity index (χ0n) is 12.0. The van der Waals surface area contributed by atoms with E-state index >= 15 is 0 Å². The third kappa shape index (κ3) is 4.75. The molecule has 1 unspecified atom stereocenters. The zero-order chi connectivity index (χ0) is 13.5. The molecular weight excluding hydrogens is 244 g/mol. The minimum atomic E-state index is -0.0803. The minimum absolute atomic E-state index is 0.0803. The average Bonchev–Trinajstić information content (AvgIpc) is 2.47. The molecule has 2 aliphatic heterocycles. The number of carbonyl (C=O) groups excluding carboxylic acids is 1. The summed E-state index contributed by atoms with van der Waals surface area (Å²) in [5.41, 5.74) is 0. The normalized spacial score (nSPS) is 26.3. The molecule has 5 heteroatoms. The van der Waals surface area contributed by atoms with Crippen molar-refractivity contribution in [2.24, 2.45) is 0 Å². The van der Waals surface area contributed by atoms with Crippen LogP contribution in [0.5, 0.6) is 0 Å². The number of carbonyl (C=O) groups is 1. The fraction of sp³-hybridized carbons (Fsp3) is 0.929. The van der Waals surface area contributed by atoms with Crippen LogP contribution >= 0.6 is 0 Å². The van der Waals surface area contributed by atoms with Crippen LogP contribution in [-0.4, -0.2) is 74.9 Å². The molecule has 0 aromatic rings. The summed E-state index contributed by atoms with van der Waals surface area (Å²) in [6.07, 6.45) is 4.15. The van der Waals surface area contributed by atoms with Gasteiger partial charge in [0, 0.05) is 32.2 Å². The largest absolute Gasteiger partial charge is 0.469 e. The van der Waals surface area contributed by atoms with E-state index in [0.29, 0.717) is 12.5 Å². The molecule has 0 saturated carbocycles. The molecule has 0 aromatic heterocycles. The number of hydrogen-bond acceptors (Lipinski definition) is 5. The van der Waals surface area contributed by atoms with Crippen LogP contribution < -0.4 is 0 Å². The molecule has 0 aromatic carbocycles. The molecule has 2 rings (SSSR count). The maximum atomic E-state index is 11.5. The molecule has 1 atom stereocenters. The van der Waals surface area contributed by atoms with Gasteiger partial charge in [-0.05, 0) is 19.4 Å². The van der Waals surface area contributed by atoms with Crippen LogP contribution in [0.3, 0.4) is 0 Å². The van der Waals surface area contributed by atoms with Crippen molar-refractivity contribution in [3.63, 3.8) is 0 Å². The van der Waals surface area contributed by atoms with Gasteiger partial charge in [0.1, 0.15) is 0 Å². The SMILES string of the molecule is COC(=O)CC1CCCCN1CCN1CCOCC1. The fourth-order valence-electron chi connectivity index (χ4n) is 2.96. The maximum Gasteiger partial charge on any atom is 0.307 e. The van der Waals surface area contributed by atoms with E-state index in [2.05, 4.69) is 9.80 Å². The second-order valence-electron chi connectivity index (χ2n) is 5.42. The van der Waals surface area contributed by atoms with Gasteiger partial charge in [0.25, 0.3) is 0 Å². The van der Waals surface area contributed by atoms with Crippen LogP contribution in [0.25, 0.3) is 0 Å². The molecule has 0 amide bonds. The third-order valence-electron chi connectivity index (χ3n) is 4.19. The first kappa shape index (κ1) is 14.8. The van der Waals surface area contributed by atoms with Crippen LogP contribution in [0.4, 0.5) is 0 Å². The lowest BCUT2D eigenvalue weighted by Crippen LogP contribution is -2.46. The molecule has 0 bridgehead atoms. The van der Waals surface area contributed by atoms with E-state index in [1.54, 1.807) is 0 Å². The van der Waals surface area contributed by atoms with Gasteiger partial charge >= 0.3 is 5.97 Å². The molecule has 0 radical (unpaired) electrons. The highest BCUT2D eigenvalue weighted by Gasteiger charge is 2.25. The Morgan fingerprint density at radius 2 is 2.00 bits per heavy atom. The summed E-state index contributed by atoms with van der Waals surface area (Å²) in [6.45, 7) is 7.04. The molecule has 2 saturated heterocycles. The van der Waals surface area contributed by atoms with Crippen molar-refractivity contribution in [3.05, 3.63) is 0 Å². The van der Waals surface area contributed by atoms with Crippen molar-refractivity contribution in [2.75, 3.05) is 53.0 Å². The number of esters is 1. The summed E-state index contributed by atoms with van der Waals surface area (Å²) < 4.78 is 10.2. The fourth-order valence-corrected chi connectivity index (χ4v) is 2.96. The van der Waals surface area contributed by atoms with Gasteiger partial charge in [-0.3, -0.25) is 14.6 Å². The van der Waals surface area contributed by atoms with Gasteiger partial charge in [0.15, 0.2) is 0 Å². The van der Waals surface area contributed by atoms with Gasteiger partial charge in [-0.15, -0.1) is 0 Å². The van der Waals surface area contributed by atoms with Crippen molar-refractivity contribution in [3.8, 4) is 0 Å². The summed E-state index contributed by atoms with van der Waals surface area (Å²) >= 11 is 0. The Bertz CT molecular complexity index is 280. The van der Waals surface area contributed by atoms with Crippen LogP contribution in [0, 0.1) is 0 Å². The number of piperidine rings is 1. The zero-order valence-corrected chi connectivity index (χ0v) is 12.0. The predicted molar refractivity (Wildman–Crippen MR) is 73.1 cm³/mol. The average molecular weight is 270 g/mol. The van der Waals surface area contributed by atoms with Gasteiger partial charge in [-0.25, -0.2) is 0 Å². The molecule has 2 fully saturated rings. The first-order chi connectivity index (χ1) is 9.29. The van der Waals surface area contributed by atoms with Gasteiger partial charge in [0.2, 0.25) is 0 Å². The first-order valence-electron chi connectivity index (χ1n) is 7.40. The standard InChI is InChI=1S/C14H26N2O3/c1-18-14(17)12-13-4-2-3-5-16(13)7-6-15-8-10-19-11-9-15/h13H,2-12H2,1H3. The van der Waals surface area contributed by atoms with E-state index in [4.69, 9.17) is 9.47 Å². The number of morpholine rings is 1. The summed E-state index contributed by atoms with van der Waals surface area (Å²) in [6, 6.07) is 0.377. The lowest BCUT2D eigenvalue weighted by molar-refractivity contribution is -0.142. The maximum absolute atomic E-state index is 11.5. The monoisotopic (exact) mass is 270 g/mol. The Labute approximate surface area is 115 Å². The van der Waals surface area contributed by atoms with Crippen LogP contribution in [0.15, 0.2) is 0 Å². The Kier molecular flexibility index (Phi) is 6.07. The Morgan fingerprint density at radius 1 is 1.21 bits per heavy atom. The summed E-state index contributed by atoms with van der Waals surface area (Å²) in [5.74, 6) is -0.0803. The van der Waals surface area contributed by atoms with E-state index in [1.807, 2.05) is 0 Å². The molecule has 2 heterocycles. The number of hydrogen-bond donors (Lipinski definition) is 0. The Hall–Kier alpha value is -0.650. The smallest absolute Gasteiger partial charge is 0.307 e. The van der Waals surface area contributed by atoms with Crippen molar-refractivity contribution in [2.45, 2.75) is 31.7 Å².